The van der Waals surface area contributed by atoms with E-state index in [-0.39, 0.29) is 12.4 Å². The number of nitrogens with one attached hydrogen (secondary N) is 3. The number of anilines is 2. The lowest BCUT2D eigenvalue weighted by Gasteiger charge is -2.24. The van der Waals surface area contributed by atoms with Gasteiger partial charge in [-0.3, -0.25) is 5.32 Å². The molecule has 1 aliphatic carbocycles. The first-order valence-electron chi connectivity index (χ1n) is 11.6. The molecule has 0 spiro atoms. The Morgan fingerprint density at radius 3 is 2.79 bits per heavy atom. The molecule has 1 fully saturated rings. The highest BCUT2D eigenvalue weighted by molar-refractivity contribution is 5.93. The van der Waals surface area contributed by atoms with Gasteiger partial charge in [-0.1, -0.05) is 36.4 Å². The van der Waals surface area contributed by atoms with Crippen molar-refractivity contribution >= 4 is 17.6 Å². The predicted octanol–water partition coefficient (Wildman–Crippen LogP) is 4.51. The van der Waals surface area contributed by atoms with Crippen molar-refractivity contribution in [1.29, 1.82) is 0 Å². The molecule has 3 aromatic rings. The summed E-state index contributed by atoms with van der Waals surface area (Å²) < 4.78 is 11.3. The topological polar surface area (TPSA) is 105 Å². The van der Waals surface area contributed by atoms with Gasteiger partial charge in [-0.15, -0.1) is 0 Å². The van der Waals surface area contributed by atoms with Gasteiger partial charge in [-0.25, -0.2) is 9.78 Å². The fourth-order valence-electron chi connectivity index (χ4n) is 3.97. The van der Waals surface area contributed by atoms with Crippen LogP contribution in [0.4, 0.5) is 16.3 Å². The van der Waals surface area contributed by atoms with E-state index in [9.17, 15) is 9.90 Å². The van der Waals surface area contributed by atoms with Crippen LogP contribution in [0.3, 0.4) is 0 Å². The summed E-state index contributed by atoms with van der Waals surface area (Å²) in [5.41, 5.74) is 3.98. The first-order valence-corrected chi connectivity index (χ1v) is 11.6. The Labute approximate surface area is 198 Å². The lowest BCUT2D eigenvalue weighted by Crippen LogP contribution is -2.25. The zero-order chi connectivity index (χ0) is 23.3. The average molecular weight is 461 g/mol. The molecule has 1 saturated carbocycles. The van der Waals surface area contributed by atoms with Gasteiger partial charge in [-0.05, 0) is 36.5 Å². The number of amides is 1. The molecule has 0 unspecified atom stereocenters. The van der Waals surface area contributed by atoms with E-state index in [2.05, 4.69) is 33.1 Å². The number of cyclic esters (lactones) is 1. The second-order valence-electron chi connectivity index (χ2n) is 8.57. The largest absolute Gasteiger partial charge is 0.507 e. The number of rotatable bonds is 10. The Hall–Kier alpha value is -3.78. The zero-order valence-electron chi connectivity index (χ0n) is 18.8. The molecule has 0 atom stereocenters. The number of phenols is 1. The molecule has 4 N–H and O–H groups in total. The third-order valence-electron chi connectivity index (χ3n) is 5.97. The van der Waals surface area contributed by atoms with Crippen LogP contribution in [-0.2, 0) is 17.9 Å². The molecule has 176 valence electrons. The number of carbonyl (C=O) groups excluding carboxylic acids is 1. The number of ether oxygens (including phenoxy) is 2. The van der Waals surface area contributed by atoms with Crippen molar-refractivity contribution in [2.45, 2.75) is 26.0 Å². The van der Waals surface area contributed by atoms with Gasteiger partial charge in [-0.2, -0.15) is 0 Å². The van der Waals surface area contributed by atoms with Crippen molar-refractivity contribution in [3.8, 4) is 22.6 Å². The smallest absolute Gasteiger partial charge is 0.413 e. The first kappa shape index (κ1) is 22.0. The quantitative estimate of drug-likeness (QED) is 0.330. The molecule has 2 heterocycles. The molecule has 8 nitrogen and oxygen atoms in total. The molecule has 0 radical (unpaired) electrons. The van der Waals surface area contributed by atoms with Crippen molar-refractivity contribution in [3.63, 3.8) is 0 Å². The van der Waals surface area contributed by atoms with Crippen LogP contribution in [0.25, 0.3) is 11.1 Å². The molecule has 1 aromatic heterocycles. The fraction of sp³-hybridized carbons (Fsp3) is 0.308. The van der Waals surface area contributed by atoms with E-state index in [4.69, 9.17) is 9.47 Å². The van der Waals surface area contributed by atoms with E-state index in [1.54, 1.807) is 18.3 Å². The normalized spacial score (nSPS) is 14.6. The molecule has 2 aliphatic rings. The molecule has 0 saturated heterocycles. The maximum atomic E-state index is 11.7. The van der Waals surface area contributed by atoms with Gasteiger partial charge < -0.3 is 25.2 Å². The summed E-state index contributed by atoms with van der Waals surface area (Å²) in [5, 5.41) is 20.3. The van der Waals surface area contributed by atoms with Crippen LogP contribution in [0, 0.1) is 5.92 Å². The third-order valence-corrected chi connectivity index (χ3v) is 5.97. The Bertz CT molecular complexity index is 1160. The number of carbonyl (C=O) groups is 1. The van der Waals surface area contributed by atoms with Crippen molar-refractivity contribution in [3.05, 3.63) is 65.9 Å². The molecular formula is C26H28N4O4. The zero-order valence-corrected chi connectivity index (χ0v) is 18.8. The maximum absolute atomic E-state index is 11.7. The number of phenolic OH excluding ortho intramolecular Hbond substituents is 1. The number of benzene rings is 2. The monoisotopic (exact) mass is 460 g/mol. The summed E-state index contributed by atoms with van der Waals surface area (Å²) in [7, 11) is 0. The molecule has 34 heavy (non-hydrogen) atoms. The Morgan fingerprint density at radius 2 is 1.97 bits per heavy atom. The number of fused-ring (bicyclic) bond motifs is 1. The Kier molecular flexibility index (Phi) is 6.49. The van der Waals surface area contributed by atoms with Crippen molar-refractivity contribution in [1.82, 2.24) is 10.3 Å². The Morgan fingerprint density at radius 1 is 1.12 bits per heavy atom. The van der Waals surface area contributed by atoms with E-state index >= 15 is 0 Å². The van der Waals surface area contributed by atoms with Crippen molar-refractivity contribution in [2.24, 2.45) is 5.92 Å². The minimum Gasteiger partial charge on any atom is -0.507 e. The minimum absolute atomic E-state index is 0.0909. The molecule has 5 rings (SSSR count). The molecule has 8 heteroatoms. The van der Waals surface area contributed by atoms with Gasteiger partial charge in [0.25, 0.3) is 0 Å². The summed E-state index contributed by atoms with van der Waals surface area (Å²) in [6, 6.07) is 15.5. The van der Waals surface area contributed by atoms with Crippen molar-refractivity contribution < 1.29 is 19.4 Å². The van der Waals surface area contributed by atoms with Gasteiger partial charge >= 0.3 is 6.09 Å². The van der Waals surface area contributed by atoms with Gasteiger partial charge in [0, 0.05) is 31.4 Å². The number of hydrogen-bond acceptors (Lipinski definition) is 7. The maximum Gasteiger partial charge on any atom is 0.413 e. The SMILES string of the molecule is O=C1Nc2ncc(-c3c(O)cccc3OCC3CC3)c(NCCNCc3ccccc3)c2CO1. The number of nitrogens with zero attached hydrogens (tertiary/aromatic N) is 1. The lowest BCUT2D eigenvalue weighted by molar-refractivity contribution is 0.151. The fourth-order valence-corrected chi connectivity index (χ4v) is 3.97. The van der Waals surface area contributed by atoms with Crippen LogP contribution in [0.5, 0.6) is 11.5 Å². The van der Waals surface area contributed by atoms with Gasteiger partial charge in [0.15, 0.2) is 0 Å². The van der Waals surface area contributed by atoms with E-state index in [1.165, 1.54) is 18.4 Å². The second-order valence-corrected chi connectivity index (χ2v) is 8.57. The van der Waals surface area contributed by atoms with Crippen LogP contribution in [0.1, 0.15) is 24.0 Å². The minimum atomic E-state index is -0.528. The van der Waals surface area contributed by atoms with E-state index in [1.807, 2.05) is 24.3 Å². The molecule has 2 aromatic carbocycles. The highest BCUT2D eigenvalue weighted by atomic mass is 16.5. The number of aromatic hydroxyl groups is 1. The lowest BCUT2D eigenvalue weighted by atomic mass is 10.00. The highest BCUT2D eigenvalue weighted by Gasteiger charge is 2.27. The second kappa shape index (κ2) is 10.0. The highest BCUT2D eigenvalue weighted by Crippen LogP contribution is 2.44. The van der Waals surface area contributed by atoms with Crippen LogP contribution in [0.15, 0.2) is 54.7 Å². The number of pyridine rings is 1. The van der Waals surface area contributed by atoms with E-state index in [0.717, 1.165) is 17.8 Å². The average Bonchev–Trinajstić information content (AvgIpc) is 3.68. The standard InChI is InChI=1S/C26H28N4O4/c31-21-7-4-8-22(33-15-18-9-10-18)23(21)19-14-29-25-20(16-34-26(32)30-25)24(19)28-12-11-27-13-17-5-2-1-3-6-17/h1-8,14,18,27,31H,9-13,15-16H2,(H2,28,29,30,32). The summed E-state index contributed by atoms with van der Waals surface area (Å²) in [5.74, 6) is 1.75. The third kappa shape index (κ3) is 5.07. The summed E-state index contributed by atoms with van der Waals surface area (Å²) in [4.78, 5) is 16.2. The molecule has 1 aliphatic heterocycles. The molecular weight excluding hydrogens is 432 g/mol. The molecule has 0 bridgehead atoms. The summed E-state index contributed by atoms with van der Waals surface area (Å²) in [6.07, 6.45) is 3.48. The van der Waals surface area contributed by atoms with Gasteiger partial charge in [0.05, 0.1) is 23.4 Å². The van der Waals surface area contributed by atoms with Crippen LogP contribution in [-0.4, -0.2) is 35.9 Å². The van der Waals surface area contributed by atoms with E-state index < -0.39 is 6.09 Å². The van der Waals surface area contributed by atoms with Crippen molar-refractivity contribution in [2.75, 3.05) is 30.3 Å². The van der Waals surface area contributed by atoms with E-state index in [0.29, 0.717) is 48.3 Å². The summed E-state index contributed by atoms with van der Waals surface area (Å²) >= 11 is 0. The van der Waals surface area contributed by atoms with Crippen LogP contribution in [0.2, 0.25) is 0 Å². The predicted molar refractivity (Wildman–Crippen MR) is 130 cm³/mol. The first-order chi connectivity index (χ1) is 16.7. The van der Waals surface area contributed by atoms with Gasteiger partial charge in [0.1, 0.15) is 23.9 Å². The van der Waals surface area contributed by atoms with Gasteiger partial charge in [0.2, 0.25) is 0 Å². The van der Waals surface area contributed by atoms with Crippen LogP contribution >= 0.6 is 0 Å². The summed E-state index contributed by atoms with van der Waals surface area (Å²) in [6.45, 7) is 2.82. The van der Waals surface area contributed by atoms with Crippen LogP contribution < -0.4 is 20.7 Å². The Balaban J connectivity index is 1.39. The number of aromatic nitrogens is 1. The molecule has 1 amide bonds. The number of hydrogen-bond donors (Lipinski definition) is 4.